The molecule has 1 unspecified atom stereocenters. The third kappa shape index (κ3) is 5.86. The van der Waals surface area contributed by atoms with Gasteiger partial charge in [0.25, 0.3) is 15.9 Å². The maximum absolute atomic E-state index is 12.7. The Morgan fingerprint density at radius 2 is 1.55 bits per heavy atom. The molecule has 0 aliphatic carbocycles. The van der Waals surface area contributed by atoms with Crippen LogP contribution in [0.4, 0.5) is 11.4 Å². The smallest absolute Gasteiger partial charge is 0.265 e. The lowest BCUT2D eigenvalue weighted by molar-refractivity contribution is -0.122. The molecule has 0 aromatic heterocycles. The highest BCUT2D eigenvalue weighted by Gasteiger charge is 2.19. The highest BCUT2D eigenvalue weighted by molar-refractivity contribution is 7.92. The molecule has 31 heavy (non-hydrogen) atoms. The summed E-state index contributed by atoms with van der Waals surface area (Å²) in [4.78, 5) is 12.7. The van der Waals surface area contributed by atoms with Gasteiger partial charge in [-0.2, -0.15) is 0 Å². The molecule has 7 heteroatoms. The molecule has 0 aliphatic rings. The molecule has 6 nitrogen and oxygen atoms in total. The fourth-order valence-electron chi connectivity index (χ4n) is 2.94. The number of benzene rings is 3. The van der Waals surface area contributed by atoms with E-state index in [0.29, 0.717) is 23.5 Å². The van der Waals surface area contributed by atoms with Gasteiger partial charge in [0, 0.05) is 11.4 Å². The summed E-state index contributed by atoms with van der Waals surface area (Å²) < 4.78 is 33.7. The van der Waals surface area contributed by atoms with E-state index in [4.69, 9.17) is 4.74 Å². The van der Waals surface area contributed by atoms with Crippen LogP contribution in [0.15, 0.2) is 77.7 Å². The van der Waals surface area contributed by atoms with Crippen molar-refractivity contribution in [3.63, 3.8) is 0 Å². The Labute approximate surface area is 183 Å². The first-order valence-electron chi connectivity index (χ1n) is 10.0. The van der Waals surface area contributed by atoms with E-state index >= 15 is 0 Å². The van der Waals surface area contributed by atoms with E-state index in [1.54, 1.807) is 36.4 Å². The van der Waals surface area contributed by atoms with Crippen molar-refractivity contribution in [2.75, 3.05) is 10.0 Å². The van der Waals surface area contributed by atoms with Crippen LogP contribution in [-0.4, -0.2) is 20.4 Å². The number of carbonyl (C=O) groups excluding carboxylic acids is 1. The van der Waals surface area contributed by atoms with Crippen molar-refractivity contribution >= 4 is 27.3 Å². The lowest BCUT2D eigenvalue weighted by Gasteiger charge is -2.17. The molecular formula is C24H26N2O4S. The summed E-state index contributed by atoms with van der Waals surface area (Å²) in [5.74, 6) is 0.318. The highest BCUT2D eigenvalue weighted by Crippen LogP contribution is 2.21. The number of hydrogen-bond acceptors (Lipinski definition) is 4. The van der Waals surface area contributed by atoms with Gasteiger partial charge in [-0.3, -0.25) is 9.52 Å². The number of sulfonamides is 1. The van der Waals surface area contributed by atoms with E-state index in [1.807, 2.05) is 45.0 Å². The molecule has 3 aromatic carbocycles. The van der Waals surface area contributed by atoms with Crippen LogP contribution >= 0.6 is 0 Å². The standard InChI is InChI=1S/C24H26N2O4S/c1-4-23(30-21-8-6-5-7-9-21)24(27)25-19-12-14-22(15-13-19)31(28,29)26-20-11-10-17(2)18(3)16-20/h5-16,23,26H,4H2,1-3H3,(H,25,27). The summed E-state index contributed by atoms with van der Waals surface area (Å²) >= 11 is 0. The van der Waals surface area contributed by atoms with Gasteiger partial charge >= 0.3 is 0 Å². The maximum atomic E-state index is 12.7. The molecule has 0 heterocycles. The molecule has 162 valence electrons. The Kier molecular flexibility index (Phi) is 6.97. The average molecular weight is 439 g/mol. The summed E-state index contributed by atoms with van der Waals surface area (Å²) in [5.41, 5.74) is 3.08. The molecule has 2 N–H and O–H groups in total. The fraction of sp³-hybridized carbons (Fsp3) is 0.208. The van der Waals surface area contributed by atoms with Gasteiger partial charge in [0.1, 0.15) is 5.75 Å². The molecule has 0 spiro atoms. The quantitative estimate of drug-likeness (QED) is 0.524. The molecule has 0 aliphatic heterocycles. The van der Waals surface area contributed by atoms with Crippen molar-refractivity contribution in [1.29, 1.82) is 0 Å². The molecule has 1 amide bonds. The van der Waals surface area contributed by atoms with Gasteiger partial charge in [0.05, 0.1) is 4.90 Å². The summed E-state index contributed by atoms with van der Waals surface area (Å²) in [6, 6.07) is 20.5. The molecule has 0 saturated carbocycles. The number of anilines is 2. The molecular weight excluding hydrogens is 412 g/mol. The van der Waals surface area contributed by atoms with E-state index in [1.165, 1.54) is 12.1 Å². The second-order valence-corrected chi connectivity index (χ2v) is 8.93. The Bertz CT molecular complexity index is 1140. The van der Waals surface area contributed by atoms with Gasteiger partial charge in [-0.15, -0.1) is 0 Å². The lowest BCUT2D eigenvalue weighted by atomic mass is 10.1. The molecule has 0 fully saturated rings. The topological polar surface area (TPSA) is 84.5 Å². The van der Waals surface area contributed by atoms with Crippen LogP contribution in [-0.2, 0) is 14.8 Å². The summed E-state index contributed by atoms with van der Waals surface area (Å²) in [6.07, 6.45) is -0.162. The molecule has 1 atom stereocenters. The first-order valence-corrected chi connectivity index (χ1v) is 11.5. The number of para-hydroxylation sites is 1. The number of nitrogens with one attached hydrogen (secondary N) is 2. The minimum absolute atomic E-state index is 0.108. The first kappa shape index (κ1) is 22.4. The van der Waals surface area contributed by atoms with E-state index in [9.17, 15) is 13.2 Å². The second kappa shape index (κ2) is 9.66. The van der Waals surface area contributed by atoms with Crippen molar-refractivity contribution in [3.8, 4) is 5.75 Å². The number of carbonyl (C=O) groups is 1. The van der Waals surface area contributed by atoms with Crippen LogP contribution in [0.1, 0.15) is 24.5 Å². The van der Waals surface area contributed by atoms with E-state index in [0.717, 1.165) is 11.1 Å². The number of hydrogen-bond donors (Lipinski definition) is 2. The number of ether oxygens (including phenoxy) is 1. The van der Waals surface area contributed by atoms with Gasteiger partial charge in [-0.1, -0.05) is 31.2 Å². The minimum Gasteiger partial charge on any atom is -0.481 e. The molecule has 0 saturated heterocycles. The SMILES string of the molecule is CCC(Oc1ccccc1)C(=O)Nc1ccc(S(=O)(=O)Nc2ccc(C)c(C)c2)cc1. The van der Waals surface area contributed by atoms with E-state index < -0.39 is 16.1 Å². The van der Waals surface area contributed by atoms with Gasteiger partial charge < -0.3 is 10.1 Å². The summed E-state index contributed by atoms with van der Waals surface area (Å²) in [5, 5.41) is 2.78. The third-order valence-corrected chi connectivity index (χ3v) is 6.27. The summed E-state index contributed by atoms with van der Waals surface area (Å²) in [7, 11) is -3.74. The fourth-order valence-corrected chi connectivity index (χ4v) is 3.99. The maximum Gasteiger partial charge on any atom is 0.265 e. The molecule has 0 bridgehead atoms. The van der Waals surface area contributed by atoms with Crippen LogP contribution in [0.5, 0.6) is 5.75 Å². The number of amides is 1. The monoisotopic (exact) mass is 438 g/mol. The van der Waals surface area contributed by atoms with Crippen molar-refractivity contribution < 1.29 is 17.9 Å². The Morgan fingerprint density at radius 1 is 0.903 bits per heavy atom. The average Bonchev–Trinajstić information content (AvgIpc) is 2.75. The van der Waals surface area contributed by atoms with Crippen LogP contribution in [0.3, 0.4) is 0 Å². The zero-order valence-electron chi connectivity index (χ0n) is 17.8. The molecule has 3 aromatic rings. The number of aryl methyl sites for hydroxylation is 2. The Balaban J connectivity index is 1.67. The van der Waals surface area contributed by atoms with Crippen molar-refractivity contribution in [3.05, 3.63) is 83.9 Å². The van der Waals surface area contributed by atoms with Crippen molar-refractivity contribution in [2.24, 2.45) is 0 Å². The highest BCUT2D eigenvalue weighted by atomic mass is 32.2. The van der Waals surface area contributed by atoms with Crippen LogP contribution < -0.4 is 14.8 Å². The Morgan fingerprint density at radius 3 is 2.16 bits per heavy atom. The second-order valence-electron chi connectivity index (χ2n) is 7.25. The van der Waals surface area contributed by atoms with Gasteiger partial charge in [0.2, 0.25) is 0 Å². The van der Waals surface area contributed by atoms with E-state index in [2.05, 4.69) is 10.0 Å². The third-order valence-electron chi connectivity index (χ3n) is 4.88. The number of rotatable bonds is 8. The van der Waals surface area contributed by atoms with Crippen LogP contribution in [0.25, 0.3) is 0 Å². The van der Waals surface area contributed by atoms with Gasteiger partial charge in [-0.25, -0.2) is 8.42 Å². The first-order chi connectivity index (χ1) is 14.8. The Hall–Kier alpha value is -3.32. The zero-order valence-corrected chi connectivity index (χ0v) is 18.6. The van der Waals surface area contributed by atoms with E-state index in [-0.39, 0.29) is 10.8 Å². The predicted octanol–water partition coefficient (Wildman–Crippen LogP) is 4.90. The lowest BCUT2D eigenvalue weighted by Crippen LogP contribution is -2.32. The van der Waals surface area contributed by atoms with Crippen LogP contribution in [0.2, 0.25) is 0 Å². The summed E-state index contributed by atoms with van der Waals surface area (Å²) in [6.45, 7) is 5.76. The predicted molar refractivity (Wildman–Crippen MR) is 123 cm³/mol. The van der Waals surface area contributed by atoms with Crippen LogP contribution in [0, 0.1) is 13.8 Å². The van der Waals surface area contributed by atoms with Crippen molar-refractivity contribution in [1.82, 2.24) is 0 Å². The normalized spacial score (nSPS) is 12.1. The van der Waals surface area contributed by atoms with Crippen molar-refractivity contribution in [2.45, 2.75) is 38.2 Å². The molecule has 3 rings (SSSR count). The zero-order chi connectivity index (χ0) is 22.4. The minimum atomic E-state index is -3.74. The van der Waals surface area contributed by atoms with Gasteiger partial charge in [0.15, 0.2) is 6.10 Å². The molecule has 0 radical (unpaired) electrons. The largest absolute Gasteiger partial charge is 0.481 e. The van der Waals surface area contributed by atoms with Gasteiger partial charge in [-0.05, 0) is 79.9 Å².